The maximum Gasteiger partial charge on any atom is -0.00199 e. The van der Waals surface area contributed by atoms with E-state index in [4.69, 9.17) is 0 Å². The van der Waals surface area contributed by atoms with E-state index in [2.05, 4.69) is 158 Å². The Labute approximate surface area is 257 Å². The molecule has 0 aliphatic heterocycles. The molecule has 8 aromatic rings. The number of fused-ring (bicyclic) bond motifs is 5. The van der Waals surface area contributed by atoms with Gasteiger partial charge in [0.05, 0.1) is 0 Å². The highest BCUT2D eigenvalue weighted by Crippen LogP contribution is 2.47. The zero-order valence-corrected chi connectivity index (χ0v) is 24.4. The number of hydrogen-bond donors (Lipinski definition) is 0. The zero-order valence-electron chi connectivity index (χ0n) is 24.4. The molecule has 1 aliphatic carbocycles. The molecule has 0 bridgehead atoms. The van der Waals surface area contributed by atoms with Gasteiger partial charge >= 0.3 is 0 Å². The van der Waals surface area contributed by atoms with Gasteiger partial charge in [-0.15, -0.1) is 0 Å². The molecule has 0 amide bonds. The molecule has 0 heteroatoms. The molecule has 9 rings (SSSR count). The normalized spacial score (nSPS) is 12.7. The quantitative estimate of drug-likeness (QED) is 0.189. The Morgan fingerprint density at radius 1 is 0.386 bits per heavy atom. The molecular formula is C44H30. The van der Waals surface area contributed by atoms with Gasteiger partial charge in [-0.2, -0.15) is 0 Å². The lowest BCUT2D eigenvalue weighted by atomic mass is 9.82. The third-order valence-electron chi connectivity index (χ3n) is 9.50. The minimum Gasteiger partial charge on any atom is -0.0836 e. The molecule has 0 N–H and O–H groups in total. The van der Waals surface area contributed by atoms with Crippen LogP contribution in [0.4, 0.5) is 0 Å². The van der Waals surface area contributed by atoms with Crippen LogP contribution in [0.5, 0.6) is 0 Å². The first kappa shape index (κ1) is 25.1. The van der Waals surface area contributed by atoms with Gasteiger partial charge < -0.3 is 0 Å². The van der Waals surface area contributed by atoms with E-state index in [0.29, 0.717) is 0 Å². The Hall–Kier alpha value is -5.46. The van der Waals surface area contributed by atoms with Crippen molar-refractivity contribution in [3.63, 3.8) is 0 Å². The van der Waals surface area contributed by atoms with E-state index in [1.54, 1.807) is 0 Å². The summed E-state index contributed by atoms with van der Waals surface area (Å²) in [4.78, 5) is 0. The van der Waals surface area contributed by atoms with Crippen LogP contribution < -0.4 is 0 Å². The third-order valence-corrected chi connectivity index (χ3v) is 9.50. The van der Waals surface area contributed by atoms with E-state index >= 15 is 0 Å². The van der Waals surface area contributed by atoms with Gasteiger partial charge in [-0.25, -0.2) is 0 Å². The molecule has 0 atom stereocenters. The van der Waals surface area contributed by atoms with Crippen LogP contribution in [-0.4, -0.2) is 0 Å². The maximum absolute atomic E-state index is 2.45. The van der Waals surface area contributed by atoms with Crippen LogP contribution in [0.2, 0.25) is 0 Å². The standard InChI is InChI=1S/C44H30/c1-2-14-32-27-33(24-23-29(32)11-1)34-25-26-41-42(28-34)44(38-22-10-16-31-13-4-6-18-36(31)38)40-20-8-7-19-39(40)43(41)37-21-9-15-30-12-3-5-17-35(30)37/h2-10,12-28H,1,11H2. The topological polar surface area (TPSA) is 0 Å². The molecule has 0 saturated heterocycles. The van der Waals surface area contributed by atoms with Crippen molar-refractivity contribution in [1.29, 1.82) is 0 Å². The summed E-state index contributed by atoms with van der Waals surface area (Å²) in [5.74, 6) is 0. The first-order chi connectivity index (χ1) is 21.8. The predicted molar refractivity (Wildman–Crippen MR) is 190 cm³/mol. The molecule has 0 nitrogen and oxygen atoms in total. The van der Waals surface area contributed by atoms with E-state index in [1.165, 1.54) is 87.6 Å². The van der Waals surface area contributed by atoms with Crippen LogP contribution in [0.15, 0.2) is 152 Å². The van der Waals surface area contributed by atoms with Crippen molar-refractivity contribution in [3.8, 4) is 33.4 Å². The minimum absolute atomic E-state index is 1.12. The smallest absolute Gasteiger partial charge is 0.00199 e. The maximum atomic E-state index is 2.45. The van der Waals surface area contributed by atoms with E-state index < -0.39 is 0 Å². The van der Waals surface area contributed by atoms with Gasteiger partial charge in [0.1, 0.15) is 0 Å². The molecule has 0 heterocycles. The largest absolute Gasteiger partial charge is 0.0836 e. The highest BCUT2D eigenvalue weighted by Gasteiger charge is 2.20. The average molecular weight is 559 g/mol. The van der Waals surface area contributed by atoms with E-state index in [9.17, 15) is 0 Å². The molecule has 0 spiro atoms. The number of aryl methyl sites for hydroxylation is 1. The minimum atomic E-state index is 1.12. The number of rotatable bonds is 3. The average Bonchev–Trinajstić information content (AvgIpc) is 3.10. The second kappa shape index (κ2) is 10.1. The second-order valence-electron chi connectivity index (χ2n) is 12.0. The van der Waals surface area contributed by atoms with Crippen molar-refractivity contribution >= 4 is 49.2 Å². The zero-order chi connectivity index (χ0) is 29.0. The lowest BCUT2D eigenvalue weighted by Gasteiger charge is -2.20. The number of benzene rings is 8. The highest BCUT2D eigenvalue weighted by molar-refractivity contribution is 6.25. The molecular weight excluding hydrogens is 528 g/mol. The van der Waals surface area contributed by atoms with E-state index in [0.717, 1.165) is 12.8 Å². The van der Waals surface area contributed by atoms with Gasteiger partial charge in [0.2, 0.25) is 0 Å². The predicted octanol–water partition coefficient (Wildman–Crippen LogP) is 12.3. The van der Waals surface area contributed by atoms with Crippen LogP contribution in [-0.2, 0) is 6.42 Å². The molecule has 0 saturated carbocycles. The summed E-state index contributed by atoms with van der Waals surface area (Å²) in [7, 11) is 0. The first-order valence-corrected chi connectivity index (χ1v) is 15.6. The summed E-state index contributed by atoms with van der Waals surface area (Å²) >= 11 is 0. The van der Waals surface area contributed by atoms with Crippen molar-refractivity contribution in [2.45, 2.75) is 12.8 Å². The van der Waals surface area contributed by atoms with E-state index in [-0.39, 0.29) is 0 Å². The molecule has 0 radical (unpaired) electrons. The monoisotopic (exact) mass is 558 g/mol. The number of allylic oxidation sites excluding steroid dienone is 1. The van der Waals surface area contributed by atoms with Crippen molar-refractivity contribution in [3.05, 3.63) is 163 Å². The van der Waals surface area contributed by atoms with Crippen LogP contribution in [0.1, 0.15) is 17.5 Å². The van der Waals surface area contributed by atoms with Crippen molar-refractivity contribution < 1.29 is 0 Å². The van der Waals surface area contributed by atoms with Gasteiger partial charge in [-0.05, 0) is 113 Å². The Morgan fingerprint density at radius 2 is 0.909 bits per heavy atom. The Kier molecular flexibility index (Phi) is 5.74. The lowest BCUT2D eigenvalue weighted by molar-refractivity contribution is 0.986. The fourth-order valence-corrected chi connectivity index (χ4v) is 7.43. The van der Waals surface area contributed by atoms with Crippen molar-refractivity contribution in [2.24, 2.45) is 0 Å². The van der Waals surface area contributed by atoms with Gasteiger partial charge in [0, 0.05) is 0 Å². The summed E-state index contributed by atoms with van der Waals surface area (Å²) in [5, 5.41) is 10.2. The Balaban J connectivity index is 1.44. The van der Waals surface area contributed by atoms with Crippen LogP contribution in [0.3, 0.4) is 0 Å². The number of hydrogen-bond acceptors (Lipinski definition) is 0. The third kappa shape index (κ3) is 3.92. The highest BCUT2D eigenvalue weighted by atomic mass is 14.2. The first-order valence-electron chi connectivity index (χ1n) is 15.6. The Morgan fingerprint density at radius 3 is 1.59 bits per heavy atom. The lowest BCUT2D eigenvalue weighted by Crippen LogP contribution is -1.95. The molecule has 8 aromatic carbocycles. The summed E-state index contributed by atoms with van der Waals surface area (Å²) in [5.41, 5.74) is 10.5. The SMILES string of the molecule is C1=Cc2cc(-c3ccc4c(-c5cccc6ccccc56)c5ccccc5c(-c5cccc6ccccc56)c4c3)ccc2CC1. The van der Waals surface area contributed by atoms with Crippen LogP contribution in [0.25, 0.3) is 82.5 Å². The summed E-state index contributed by atoms with van der Waals surface area (Å²) in [6.07, 6.45) is 6.83. The summed E-state index contributed by atoms with van der Waals surface area (Å²) < 4.78 is 0. The summed E-state index contributed by atoms with van der Waals surface area (Å²) in [6.45, 7) is 0. The van der Waals surface area contributed by atoms with Crippen molar-refractivity contribution in [2.75, 3.05) is 0 Å². The van der Waals surface area contributed by atoms with Gasteiger partial charge in [0.15, 0.2) is 0 Å². The molecule has 0 fully saturated rings. The fraction of sp³-hybridized carbons (Fsp3) is 0.0455. The molecule has 1 aliphatic rings. The van der Waals surface area contributed by atoms with Gasteiger partial charge in [-0.3, -0.25) is 0 Å². The van der Waals surface area contributed by atoms with Gasteiger partial charge in [0.25, 0.3) is 0 Å². The molecule has 0 unspecified atom stereocenters. The summed E-state index contributed by atoms with van der Waals surface area (Å²) in [6, 6.07) is 54.1. The molecule has 44 heavy (non-hydrogen) atoms. The Bertz CT molecular complexity index is 2430. The van der Waals surface area contributed by atoms with Crippen molar-refractivity contribution in [1.82, 2.24) is 0 Å². The second-order valence-corrected chi connectivity index (χ2v) is 12.0. The molecule has 0 aromatic heterocycles. The molecule has 206 valence electrons. The van der Waals surface area contributed by atoms with Crippen LogP contribution in [0, 0.1) is 0 Å². The van der Waals surface area contributed by atoms with Crippen LogP contribution >= 0.6 is 0 Å². The fourth-order valence-electron chi connectivity index (χ4n) is 7.43. The van der Waals surface area contributed by atoms with E-state index in [1.807, 2.05) is 0 Å². The van der Waals surface area contributed by atoms with Gasteiger partial charge in [-0.1, -0.05) is 146 Å².